The summed E-state index contributed by atoms with van der Waals surface area (Å²) in [7, 11) is 0. The number of carbonyl (C=O) groups excluding carboxylic acids is 1. The van der Waals surface area contributed by atoms with Crippen LogP contribution in [0.3, 0.4) is 0 Å². The summed E-state index contributed by atoms with van der Waals surface area (Å²) in [4.78, 5) is 17.5. The Balaban J connectivity index is 1.16. The summed E-state index contributed by atoms with van der Waals surface area (Å²) >= 11 is 0. The van der Waals surface area contributed by atoms with E-state index < -0.39 is 11.2 Å². The molecule has 0 spiro atoms. The zero-order valence-corrected chi connectivity index (χ0v) is 23.0. The lowest BCUT2D eigenvalue weighted by Gasteiger charge is -2.56. The zero-order chi connectivity index (χ0) is 26.1. The normalized spacial score (nSPS) is 37.8. The van der Waals surface area contributed by atoms with Gasteiger partial charge in [0, 0.05) is 24.2 Å². The van der Waals surface area contributed by atoms with Crippen molar-refractivity contribution in [2.75, 3.05) is 13.2 Å². The lowest BCUT2D eigenvalue weighted by atomic mass is 9.49. The maximum absolute atomic E-state index is 13.2. The number of rotatable bonds is 3. The first-order valence-corrected chi connectivity index (χ1v) is 14.1. The van der Waals surface area contributed by atoms with Gasteiger partial charge in [-0.3, -0.25) is 9.78 Å². The molecular formula is C32H41NO4. The van der Waals surface area contributed by atoms with Gasteiger partial charge in [0.25, 0.3) is 0 Å². The standard InChI is InChI=1S/C32H41NO4/c1-29(2)35-19-30(3,20-36-29)28(34)37-23-12-14-31(4)22(17-23)8-9-24-26-11-10-25(21-7-6-16-33-18-21)32(26,5)15-13-27(24)31/h6-8,10-11,16,18,23-24,27H,9,12-15,17,19-20H2,1-5H3/t23-,24-,27-,31-,32+/m0/s1. The molecule has 2 saturated carbocycles. The molecule has 5 aliphatic rings. The first-order chi connectivity index (χ1) is 17.5. The van der Waals surface area contributed by atoms with Crippen LogP contribution in [0.4, 0.5) is 0 Å². The van der Waals surface area contributed by atoms with E-state index in [1.165, 1.54) is 29.6 Å². The molecule has 37 heavy (non-hydrogen) atoms. The van der Waals surface area contributed by atoms with Crippen LogP contribution in [0.2, 0.25) is 0 Å². The van der Waals surface area contributed by atoms with Crippen LogP contribution in [0, 0.1) is 28.1 Å². The number of carbonyl (C=O) groups is 1. The number of ether oxygens (including phenoxy) is 3. The Morgan fingerprint density at radius 1 is 1.05 bits per heavy atom. The number of esters is 1. The van der Waals surface area contributed by atoms with Crippen molar-refractivity contribution in [3.8, 4) is 0 Å². The van der Waals surface area contributed by atoms with Crippen molar-refractivity contribution in [3.05, 3.63) is 59.5 Å². The van der Waals surface area contributed by atoms with Crippen molar-refractivity contribution >= 4 is 11.5 Å². The van der Waals surface area contributed by atoms with E-state index >= 15 is 0 Å². The topological polar surface area (TPSA) is 57.7 Å². The molecule has 1 aromatic rings. The maximum atomic E-state index is 13.2. The molecule has 198 valence electrons. The molecule has 5 atom stereocenters. The van der Waals surface area contributed by atoms with Gasteiger partial charge in [0.1, 0.15) is 11.5 Å². The molecule has 2 heterocycles. The van der Waals surface area contributed by atoms with Crippen LogP contribution in [-0.4, -0.2) is 36.1 Å². The molecule has 0 N–H and O–H groups in total. The highest BCUT2D eigenvalue weighted by atomic mass is 16.7. The van der Waals surface area contributed by atoms with Gasteiger partial charge >= 0.3 is 5.97 Å². The van der Waals surface area contributed by atoms with E-state index in [9.17, 15) is 4.79 Å². The second kappa shape index (κ2) is 8.64. The third-order valence-electron chi connectivity index (χ3n) is 10.3. The Labute approximate surface area is 221 Å². The van der Waals surface area contributed by atoms with Crippen molar-refractivity contribution in [3.63, 3.8) is 0 Å². The summed E-state index contributed by atoms with van der Waals surface area (Å²) in [6.45, 7) is 11.2. The molecule has 5 heteroatoms. The van der Waals surface area contributed by atoms with Crippen LogP contribution in [-0.2, 0) is 19.0 Å². The van der Waals surface area contributed by atoms with E-state index in [1.807, 2.05) is 39.2 Å². The Morgan fingerprint density at radius 3 is 2.57 bits per heavy atom. The summed E-state index contributed by atoms with van der Waals surface area (Å²) in [5, 5.41) is 0. The van der Waals surface area contributed by atoms with Crippen LogP contribution in [0.1, 0.15) is 78.7 Å². The Kier molecular flexibility index (Phi) is 5.85. The largest absolute Gasteiger partial charge is 0.461 e. The fourth-order valence-corrected chi connectivity index (χ4v) is 7.83. The smallest absolute Gasteiger partial charge is 0.316 e. The lowest BCUT2D eigenvalue weighted by Crippen LogP contribution is -2.51. The second-order valence-corrected chi connectivity index (χ2v) is 13.2. The maximum Gasteiger partial charge on any atom is 0.316 e. The van der Waals surface area contributed by atoms with Gasteiger partial charge in [0.15, 0.2) is 5.79 Å². The number of hydrogen-bond acceptors (Lipinski definition) is 5. The van der Waals surface area contributed by atoms with Gasteiger partial charge in [0.2, 0.25) is 0 Å². The first-order valence-electron chi connectivity index (χ1n) is 14.1. The highest BCUT2D eigenvalue weighted by molar-refractivity contribution is 5.78. The van der Waals surface area contributed by atoms with Gasteiger partial charge in [0.05, 0.1) is 13.2 Å². The SMILES string of the molecule is CC1(C)OCC(C)(C(=O)O[C@H]2CC[C@@]3(C)C(=CC[C@H]4C5=CC=C(c6cccnc6)[C@@]5(C)CC[C@@H]43)C2)CO1. The number of aromatic nitrogens is 1. The average molecular weight is 504 g/mol. The Morgan fingerprint density at radius 2 is 1.84 bits per heavy atom. The Bertz CT molecular complexity index is 1170. The van der Waals surface area contributed by atoms with Gasteiger partial charge in [-0.15, -0.1) is 0 Å². The molecule has 5 nitrogen and oxygen atoms in total. The molecule has 4 aliphatic carbocycles. The fourth-order valence-electron chi connectivity index (χ4n) is 7.83. The van der Waals surface area contributed by atoms with Gasteiger partial charge in [-0.25, -0.2) is 0 Å². The van der Waals surface area contributed by atoms with Crippen molar-refractivity contribution < 1.29 is 19.0 Å². The van der Waals surface area contributed by atoms with Crippen molar-refractivity contribution in [2.45, 2.75) is 85.0 Å². The van der Waals surface area contributed by atoms with E-state index in [1.54, 1.807) is 5.57 Å². The average Bonchev–Trinajstić information content (AvgIpc) is 3.24. The predicted molar refractivity (Wildman–Crippen MR) is 143 cm³/mol. The minimum Gasteiger partial charge on any atom is -0.461 e. The molecule has 1 saturated heterocycles. The third kappa shape index (κ3) is 4.04. The van der Waals surface area contributed by atoms with E-state index in [4.69, 9.17) is 14.2 Å². The van der Waals surface area contributed by atoms with Crippen LogP contribution in [0.15, 0.2) is 53.9 Å². The summed E-state index contributed by atoms with van der Waals surface area (Å²) < 4.78 is 17.7. The molecule has 0 amide bonds. The highest BCUT2D eigenvalue weighted by Crippen LogP contribution is 2.64. The molecule has 0 bridgehead atoms. The van der Waals surface area contributed by atoms with Crippen LogP contribution in [0.25, 0.3) is 5.57 Å². The van der Waals surface area contributed by atoms with Gasteiger partial charge in [-0.05, 0) is 87.3 Å². The molecule has 0 aromatic carbocycles. The van der Waals surface area contributed by atoms with E-state index in [0.717, 1.165) is 25.7 Å². The molecule has 6 rings (SSSR count). The van der Waals surface area contributed by atoms with Gasteiger partial charge < -0.3 is 14.2 Å². The number of pyridine rings is 1. The molecular weight excluding hydrogens is 462 g/mol. The first kappa shape index (κ1) is 25.1. The molecule has 0 radical (unpaired) electrons. The van der Waals surface area contributed by atoms with Crippen molar-refractivity contribution in [1.82, 2.24) is 4.98 Å². The van der Waals surface area contributed by atoms with Crippen molar-refractivity contribution in [2.24, 2.45) is 28.1 Å². The van der Waals surface area contributed by atoms with Crippen LogP contribution < -0.4 is 0 Å². The third-order valence-corrected chi connectivity index (χ3v) is 10.3. The second-order valence-electron chi connectivity index (χ2n) is 13.2. The van der Waals surface area contributed by atoms with Gasteiger partial charge in [-0.1, -0.05) is 49.3 Å². The van der Waals surface area contributed by atoms with E-state index in [0.29, 0.717) is 25.0 Å². The molecule has 0 unspecified atom stereocenters. The Hall–Kier alpha value is -2.24. The minimum atomic E-state index is -0.746. The van der Waals surface area contributed by atoms with Crippen LogP contribution in [0.5, 0.6) is 0 Å². The summed E-state index contributed by atoms with van der Waals surface area (Å²) in [5.41, 5.74) is 5.33. The molecule has 1 aromatic heterocycles. The van der Waals surface area contributed by atoms with E-state index in [2.05, 4.69) is 43.1 Å². The summed E-state index contributed by atoms with van der Waals surface area (Å²) in [6.07, 6.45) is 17.4. The zero-order valence-electron chi connectivity index (χ0n) is 23.0. The van der Waals surface area contributed by atoms with Crippen LogP contribution >= 0.6 is 0 Å². The monoisotopic (exact) mass is 503 g/mol. The fraction of sp³-hybridized carbons (Fsp3) is 0.625. The molecule has 3 fully saturated rings. The lowest BCUT2D eigenvalue weighted by molar-refractivity contribution is -0.282. The summed E-state index contributed by atoms with van der Waals surface area (Å²) in [6, 6.07) is 4.24. The van der Waals surface area contributed by atoms with E-state index in [-0.39, 0.29) is 22.9 Å². The number of hydrogen-bond donors (Lipinski definition) is 0. The summed E-state index contributed by atoms with van der Waals surface area (Å²) in [5.74, 6) is 0.389. The number of fused-ring (bicyclic) bond motifs is 5. The quantitative estimate of drug-likeness (QED) is 0.341. The van der Waals surface area contributed by atoms with Crippen molar-refractivity contribution in [1.29, 1.82) is 0 Å². The minimum absolute atomic E-state index is 0.0615. The van der Waals surface area contributed by atoms with Gasteiger partial charge in [-0.2, -0.15) is 0 Å². The number of nitrogens with zero attached hydrogens (tertiary/aromatic N) is 1. The highest BCUT2D eigenvalue weighted by Gasteiger charge is 2.55. The molecule has 1 aliphatic heterocycles. The number of allylic oxidation sites excluding steroid dienone is 5. The predicted octanol–water partition coefficient (Wildman–Crippen LogP) is 6.66.